The molecule has 0 radical (unpaired) electrons. The van der Waals surface area contributed by atoms with Crippen LogP contribution in [0.3, 0.4) is 0 Å². The lowest BCUT2D eigenvalue weighted by molar-refractivity contribution is -0.150. The van der Waals surface area contributed by atoms with E-state index in [0.29, 0.717) is 4.31 Å². The summed E-state index contributed by atoms with van der Waals surface area (Å²) >= 11 is 0. The molecule has 1 aliphatic heterocycles. The van der Waals surface area contributed by atoms with Crippen LogP contribution in [0.15, 0.2) is 59.5 Å². The minimum Gasteiger partial charge on any atom is -0.467 e. The number of carbonyl (C=O) groups is 4. The molecule has 168 valence electrons. The number of benzene rings is 2. The van der Waals surface area contributed by atoms with Crippen molar-refractivity contribution >= 4 is 33.8 Å². The second-order valence-electron chi connectivity index (χ2n) is 6.81. The van der Waals surface area contributed by atoms with E-state index in [1.807, 2.05) is 0 Å². The number of amides is 2. The van der Waals surface area contributed by atoms with E-state index in [4.69, 9.17) is 9.47 Å². The SMILES string of the molecule is COC(=O)C(Cc1ccccc1)NC(=O)COC(=O)CN1C(=O)c2ccccc2S1(=O)=O. The number of carbonyl (C=O) groups excluding carboxylic acids is 4. The molecule has 11 heteroatoms. The van der Waals surface area contributed by atoms with E-state index in [1.165, 1.54) is 31.4 Å². The first-order valence-electron chi connectivity index (χ1n) is 9.47. The van der Waals surface area contributed by atoms with Crippen molar-refractivity contribution in [3.8, 4) is 0 Å². The topological polar surface area (TPSA) is 136 Å². The highest BCUT2D eigenvalue weighted by Crippen LogP contribution is 2.29. The summed E-state index contributed by atoms with van der Waals surface area (Å²) in [6.45, 7) is -1.65. The van der Waals surface area contributed by atoms with Crippen molar-refractivity contribution in [1.82, 2.24) is 9.62 Å². The highest BCUT2D eigenvalue weighted by atomic mass is 32.2. The van der Waals surface area contributed by atoms with Crippen LogP contribution < -0.4 is 5.32 Å². The van der Waals surface area contributed by atoms with Gasteiger partial charge in [0.05, 0.1) is 12.7 Å². The summed E-state index contributed by atoms with van der Waals surface area (Å²) in [5.41, 5.74) is 0.734. The molecule has 0 fully saturated rings. The van der Waals surface area contributed by atoms with Gasteiger partial charge in [-0.05, 0) is 17.7 Å². The van der Waals surface area contributed by atoms with E-state index >= 15 is 0 Å². The van der Waals surface area contributed by atoms with Crippen LogP contribution in [0.5, 0.6) is 0 Å². The zero-order valence-corrected chi connectivity index (χ0v) is 17.8. The van der Waals surface area contributed by atoms with Gasteiger partial charge >= 0.3 is 11.9 Å². The van der Waals surface area contributed by atoms with Crippen LogP contribution in [0.25, 0.3) is 0 Å². The molecule has 3 rings (SSSR count). The number of esters is 2. The highest BCUT2D eigenvalue weighted by molar-refractivity contribution is 7.90. The van der Waals surface area contributed by atoms with Crippen molar-refractivity contribution in [3.63, 3.8) is 0 Å². The number of nitrogens with zero attached hydrogens (tertiary/aromatic N) is 1. The molecule has 2 aromatic carbocycles. The monoisotopic (exact) mass is 460 g/mol. The molecule has 32 heavy (non-hydrogen) atoms. The van der Waals surface area contributed by atoms with Crippen LogP contribution in [0.1, 0.15) is 15.9 Å². The van der Waals surface area contributed by atoms with Gasteiger partial charge in [-0.15, -0.1) is 0 Å². The molecule has 10 nitrogen and oxygen atoms in total. The van der Waals surface area contributed by atoms with Gasteiger partial charge in [0.2, 0.25) is 0 Å². The Morgan fingerprint density at radius 2 is 1.69 bits per heavy atom. The molecule has 0 saturated heterocycles. The summed E-state index contributed by atoms with van der Waals surface area (Å²) in [4.78, 5) is 48.4. The number of nitrogens with one attached hydrogen (secondary N) is 1. The van der Waals surface area contributed by atoms with Gasteiger partial charge < -0.3 is 14.8 Å². The molecule has 2 amide bonds. The van der Waals surface area contributed by atoms with Crippen LogP contribution in [0.2, 0.25) is 0 Å². The fourth-order valence-corrected chi connectivity index (χ4v) is 4.63. The molecule has 0 aliphatic carbocycles. The van der Waals surface area contributed by atoms with Crippen molar-refractivity contribution < 1.29 is 37.1 Å². The Balaban J connectivity index is 1.57. The maximum Gasteiger partial charge on any atom is 0.328 e. The van der Waals surface area contributed by atoms with Crippen molar-refractivity contribution in [2.75, 3.05) is 20.3 Å². The predicted molar refractivity (Wildman–Crippen MR) is 110 cm³/mol. The number of hydrogen-bond acceptors (Lipinski definition) is 8. The lowest BCUT2D eigenvalue weighted by Crippen LogP contribution is -2.45. The molecule has 0 saturated carbocycles. The summed E-state index contributed by atoms with van der Waals surface area (Å²) < 4.78 is 34.8. The standard InChI is InChI=1S/C21H20N2O8S/c1-30-21(27)16(11-14-7-3-2-4-8-14)22-18(24)13-31-19(25)12-23-20(26)15-9-5-6-10-17(15)32(23,28)29/h2-10,16H,11-13H2,1H3,(H,22,24). The Bertz CT molecular complexity index is 1150. The molecular weight excluding hydrogens is 440 g/mol. The number of ether oxygens (including phenoxy) is 2. The maximum atomic E-state index is 12.5. The van der Waals surface area contributed by atoms with Gasteiger partial charge in [-0.1, -0.05) is 42.5 Å². The van der Waals surface area contributed by atoms with Crippen molar-refractivity contribution in [3.05, 3.63) is 65.7 Å². The van der Waals surface area contributed by atoms with E-state index in [2.05, 4.69) is 5.32 Å². The third kappa shape index (κ3) is 4.94. The van der Waals surface area contributed by atoms with Crippen LogP contribution in [0.4, 0.5) is 0 Å². The second kappa shape index (κ2) is 9.60. The number of methoxy groups -OCH3 is 1. The fraction of sp³-hybridized carbons (Fsp3) is 0.238. The van der Waals surface area contributed by atoms with Crippen molar-refractivity contribution in [1.29, 1.82) is 0 Å². The van der Waals surface area contributed by atoms with Crippen LogP contribution in [-0.4, -0.2) is 62.8 Å². The van der Waals surface area contributed by atoms with Crippen molar-refractivity contribution in [2.45, 2.75) is 17.4 Å². The van der Waals surface area contributed by atoms with Gasteiger partial charge in [-0.25, -0.2) is 17.5 Å². The summed E-state index contributed by atoms with van der Waals surface area (Å²) in [7, 11) is -3.00. The molecule has 1 heterocycles. The Morgan fingerprint density at radius 3 is 2.34 bits per heavy atom. The Hall–Kier alpha value is -3.73. The molecule has 1 atom stereocenters. The van der Waals surface area contributed by atoms with E-state index in [1.54, 1.807) is 30.3 Å². The highest BCUT2D eigenvalue weighted by Gasteiger charge is 2.42. The number of sulfonamides is 1. The molecule has 2 aromatic rings. The smallest absolute Gasteiger partial charge is 0.328 e. The zero-order chi connectivity index (χ0) is 23.3. The number of hydrogen-bond donors (Lipinski definition) is 1. The van der Waals surface area contributed by atoms with Crippen LogP contribution in [0, 0.1) is 0 Å². The third-order valence-corrected chi connectivity index (χ3v) is 6.44. The second-order valence-corrected chi connectivity index (χ2v) is 8.64. The molecule has 1 N–H and O–H groups in total. The predicted octanol–water partition coefficient (Wildman–Crippen LogP) is 0.275. The molecule has 1 aliphatic rings. The molecule has 1 unspecified atom stereocenters. The van der Waals surface area contributed by atoms with E-state index in [0.717, 1.165) is 5.56 Å². The summed E-state index contributed by atoms with van der Waals surface area (Å²) in [6.07, 6.45) is 0.159. The average molecular weight is 460 g/mol. The third-order valence-electron chi connectivity index (χ3n) is 4.65. The Kier molecular flexibility index (Phi) is 6.89. The lowest BCUT2D eigenvalue weighted by atomic mass is 10.1. The average Bonchev–Trinajstić information content (AvgIpc) is 2.98. The van der Waals surface area contributed by atoms with Crippen LogP contribution in [-0.2, 0) is 40.3 Å². The molecular formula is C21H20N2O8S. The largest absolute Gasteiger partial charge is 0.467 e. The molecule has 0 aromatic heterocycles. The first-order valence-corrected chi connectivity index (χ1v) is 10.9. The molecule has 0 spiro atoms. The first-order chi connectivity index (χ1) is 15.2. The van der Waals surface area contributed by atoms with Gasteiger partial charge in [0, 0.05) is 6.42 Å². The van der Waals surface area contributed by atoms with Crippen LogP contribution >= 0.6 is 0 Å². The fourth-order valence-electron chi connectivity index (χ4n) is 3.12. The summed E-state index contributed by atoms with van der Waals surface area (Å²) in [5.74, 6) is -3.41. The summed E-state index contributed by atoms with van der Waals surface area (Å²) in [5, 5.41) is 2.41. The van der Waals surface area contributed by atoms with Crippen molar-refractivity contribution in [2.24, 2.45) is 0 Å². The van der Waals surface area contributed by atoms with Gasteiger partial charge in [0.15, 0.2) is 6.61 Å². The first kappa shape index (κ1) is 22.9. The minimum atomic E-state index is -4.18. The summed E-state index contributed by atoms with van der Waals surface area (Å²) in [6, 6.07) is 13.5. The molecule has 0 bridgehead atoms. The normalized spacial score (nSPS) is 14.9. The number of rotatable bonds is 8. The van der Waals surface area contributed by atoms with Gasteiger partial charge in [-0.3, -0.25) is 14.4 Å². The van der Waals surface area contributed by atoms with Gasteiger partial charge in [0.25, 0.3) is 21.8 Å². The quantitative estimate of drug-likeness (QED) is 0.555. The van der Waals surface area contributed by atoms with E-state index in [9.17, 15) is 27.6 Å². The van der Waals surface area contributed by atoms with Gasteiger partial charge in [-0.2, -0.15) is 0 Å². The van der Waals surface area contributed by atoms with Gasteiger partial charge in [0.1, 0.15) is 17.5 Å². The lowest BCUT2D eigenvalue weighted by Gasteiger charge is -2.17. The maximum absolute atomic E-state index is 12.5. The Labute approximate surface area is 184 Å². The Morgan fingerprint density at radius 1 is 1.03 bits per heavy atom. The zero-order valence-electron chi connectivity index (χ0n) is 17.0. The number of fused-ring (bicyclic) bond motifs is 1. The minimum absolute atomic E-state index is 0.0418. The van der Waals surface area contributed by atoms with E-state index < -0.39 is 53.0 Å². The van der Waals surface area contributed by atoms with E-state index in [-0.39, 0.29) is 16.9 Å².